The van der Waals surface area contributed by atoms with Crippen LogP contribution in [0.25, 0.3) is 0 Å². The second kappa shape index (κ2) is 5.09. The van der Waals surface area contributed by atoms with Gasteiger partial charge in [0.25, 0.3) is 0 Å². The zero-order chi connectivity index (χ0) is 12.3. The quantitative estimate of drug-likeness (QED) is 0.803. The first kappa shape index (κ1) is 13.4. The van der Waals surface area contributed by atoms with Crippen molar-refractivity contribution in [3.8, 4) is 0 Å². The molecule has 0 aliphatic carbocycles. The Labute approximate surface area is 102 Å². The molecule has 0 spiro atoms. The zero-order valence-electron chi connectivity index (χ0n) is 10.8. The molecule has 0 unspecified atom stereocenters. The molecule has 0 atom stereocenters. The molecule has 0 aromatic carbocycles. The number of aromatic nitrogens is 1. The number of thiazole rings is 1. The van der Waals surface area contributed by atoms with Crippen LogP contribution in [0.5, 0.6) is 0 Å². The number of carbonyl (C=O) groups is 1. The standard InChI is InChI=1S/C13H21NOS/c1-9(2)6-10(15)7-12-14-11(8-16-12)13(3,4)5/h8-9H,6-7H2,1-5H3. The lowest BCUT2D eigenvalue weighted by Crippen LogP contribution is -2.12. The van der Waals surface area contributed by atoms with Gasteiger partial charge in [-0.2, -0.15) is 0 Å². The molecule has 1 aromatic rings. The molecule has 0 amide bonds. The summed E-state index contributed by atoms with van der Waals surface area (Å²) < 4.78 is 0. The van der Waals surface area contributed by atoms with Gasteiger partial charge in [0, 0.05) is 17.2 Å². The van der Waals surface area contributed by atoms with Crippen molar-refractivity contribution in [3.63, 3.8) is 0 Å². The third kappa shape index (κ3) is 4.05. The second-order valence-electron chi connectivity index (χ2n) is 5.69. The lowest BCUT2D eigenvalue weighted by molar-refractivity contribution is -0.119. The Kier molecular flexibility index (Phi) is 4.25. The minimum atomic E-state index is 0.0792. The normalized spacial score (nSPS) is 12.1. The van der Waals surface area contributed by atoms with Crippen LogP contribution >= 0.6 is 11.3 Å². The summed E-state index contributed by atoms with van der Waals surface area (Å²) in [7, 11) is 0. The van der Waals surface area contributed by atoms with Crippen molar-refractivity contribution in [2.75, 3.05) is 0 Å². The van der Waals surface area contributed by atoms with E-state index < -0.39 is 0 Å². The number of Topliss-reactive ketones (excluding diaryl/α,β-unsaturated/α-hetero) is 1. The van der Waals surface area contributed by atoms with Crippen molar-refractivity contribution in [1.29, 1.82) is 0 Å². The highest BCUT2D eigenvalue weighted by Crippen LogP contribution is 2.24. The maximum Gasteiger partial charge on any atom is 0.139 e. The van der Waals surface area contributed by atoms with Gasteiger partial charge >= 0.3 is 0 Å². The first-order valence-electron chi connectivity index (χ1n) is 5.75. The first-order chi connectivity index (χ1) is 7.29. The number of rotatable bonds is 4. The van der Waals surface area contributed by atoms with E-state index in [0.29, 0.717) is 24.5 Å². The third-order valence-electron chi connectivity index (χ3n) is 2.30. The molecule has 0 saturated heterocycles. The van der Waals surface area contributed by atoms with E-state index in [-0.39, 0.29) is 5.41 Å². The fourth-order valence-corrected chi connectivity index (χ4v) is 2.48. The summed E-state index contributed by atoms with van der Waals surface area (Å²) in [5.41, 5.74) is 1.17. The predicted octanol–water partition coefficient (Wildman–Crippen LogP) is 3.60. The smallest absolute Gasteiger partial charge is 0.139 e. The molecule has 2 nitrogen and oxygen atoms in total. The lowest BCUT2D eigenvalue weighted by Gasteiger charge is -2.14. The van der Waals surface area contributed by atoms with Crippen molar-refractivity contribution in [2.24, 2.45) is 5.92 Å². The van der Waals surface area contributed by atoms with Crippen LogP contribution in [0.1, 0.15) is 51.7 Å². The molecule has 0 aliphatic rings. The highest BCUT2D eigenvalue weighted by molar-refractivity contribution is 7.09. The van der Waals surface area contributed by atoms with Crippen molar-refractivity contribution in [3.05, 3.63) is 16.1 Å². The predicted molar refractivity (Wildman–Crippen MR) is 69.0 cm³/mol. The van der Waals surface area contributed by atoms with Gasteiger partial charge in [0.2, 0.25) is 0 Å². The van der Waals surface area contributed by atoms with Crippen LogP contribution in [-0.2, 0) is 16.6 Å². The minimum absolute atomic E-state index is 0.0792. The van der Waals surface area contributed by atoms with Gasteiger partial charge in [0.15, 0.2) is 0 Å². The maximum absolute atomic E-state index is 11.6. The van der Waals surface area contributed by atoms with E-state index >= 15 is 0 Å². The summed E-state index contributed by atoms with van der Waals surface area (Å²) in [6.07, 6.45) is 1.16. The summed E-state index contributed by atoms with van der Waals surface area (Å²) >= 11 is 1.60. The Morgan fingerprint density at radius 3 is 2.50 bits per heavy atom. The number of hydrogen-bond donors (Lipinski definition) is 0. The number of nitrogens with zero attached hydrogens (tertiary/aromatic N) is 1. The minimum Gasteiger partial charge on any atom is -0.299 e. The molecule has 0 radical (unpaired) electrons. The molecular weight excluding hydrogens is 218 g/mol. The molecule has 1 heterocycles. The number of hydrogen-bond acceptors (Lipinski definition) is 3. The molecule has 1 rings (SSSR count). The van der Waals surface area contributed by atoms with Crippen LogP contribution in [0.4, 0.5) is 0 Å². The summed E-state index contributed by atoms with van der Waals surface area (Å²) in [5, 5.41) is 3.02. The van der Waals surface area contributed by atoms with Crippen LogP contribution in [0.15, 0.2) is 5.38 Å². The van der Waals surface area contributed by atoms with Crippen LogP contribution in [0, 0.1) is 5.92 Å². The Morgan fingerprint density at radius 1 is 1.44 bits per heavy atom. The Hall–Kier alpha value is -0.700. The molecule has 0 saturated carbocycles. The summed E-state index contributed by atoms with van der Waals surface area (Å²) in [5.74, 6) is 0.736. The van der Waals surface area contributed by atoms with Gasteiger partial charge < -0.3 is 0 Å². The largest absolute Gasteiger partial charge is 0.299 e. The Bertz CT molecular complexity index is 360. The molecule has 16 heavy (non-hydrogen) atoms. The molecule has 90 valence electrons. The van der Waals surface area contributed by atoms with Gasteiger partial charge in [0.1, 0.15) is 10.8 Å². The van der Waals surface area contributed by atoms with E-state index in [9.17, 15) is 4.79 Å². The van der Waals surface area contributed by atoms with Gasteiger partial charge in [-0.1, -0.05) is 34.6 Å². The monoisotopic (exact) mass is 239 g/mol. The van der Waals surface area contributed by atoms with E-state index in [4.69, 9.17) is 0 Å². The lowest BCUT2D eigenvalue weighted by atomic mass is 9.93. The summed E-state index contributed by atoms with van der Waals surface area (Å²) in [6, 6.07) is 0. The maximum atomic E-state index is 11.6. The van der Waals surface area contributed by atoms with Gasteiger partial charge in [-0.05, 0) is 5.92 Å². The van der Waals surface area contributed by atoms with Crippen molar-refractivity contribution in [1.82, 2.24) is 4.98 Å². The molecule has 0 fully saturated rings. The van der Waals surface area contributed by atoms with Gasteiger partial charge in [-0.25, -0.2) is 4.98 Å². The highest BCUT2D eigenvalue weighted by atomic mass is 32.1. The molecular formula is C13H21NOS. The van der Waals surface area contributed by atoms with Gasteiger partial charge in [-0.3, -0.25) is 4.79 Å². The molecule has 3 heteroatoms. The van der Waals surface area contributed by atoms with E-state index in [2.05, 4.69) is 45.0 Å². The van der Waals surface area contributed by atoms with Crippen LogP contribution in [-0.4, -0.2) is 10.8 Å². The third-order valence-corrected chi connectivity index (χ3v) is 3.15. The molecule has 0 N–H and O–H groups in total. The van der Waals surface area contributed by atoms with E-state index in [1.807, 2.05) is 0 Å². The van der Waals surface area contributed by atoms with Crippen LogP contribution in [0.3, 0.4) is 0 Å². The fraction of sp³-hybridized carbons (Fsp3) is 0.692. The van der Waals surface area contributed by atoms with Crippen molar-refractivity contribution < 1.29 is 4.79 Å². The fourth-order valence-electron chi connectivity index (χ4n) is 1.43. The highest BCUT2D eigenvalue weighted by Gasteiger charge is 2.18. The second-order valence-corrected chi connectivity index (χ2v) is 6.63. The van der Waals surface area contributed by atoms with E-state index in [0.717, 1.165) is 10.7 Å². The van der Waals surface area contributed by atoms with Gasteiger partial charge in [0.05, 0.1) is 12.1 Å². The summed E-state index contributed by atoms with van der Waals surface area (Å²) in [4.78, 5) is 16.2. The molecule has 0 aliphatic heterocycles. The topological polar surface area (TPSA) is 30.0 Å². The SMILES string of the molecule is CC(C)CC(=O)Cc1nc(C(C)(C)C)cs1. The number of carbonyl (C=O) groups excluding carboxylic acids is 1. The number of ketones is 1. The Morgan fingerprint density at radius 2 is 2.06 bits per heavy atom. The van der Waals surface area contributed by atoms with Crippen LogP contribution < -0.4 is 0 Å². The van der Waals surface area contributed by atoms with Crippen LogP contribution in [0.2, 0.25) is 0 Å². The van der Waals surface area contributed by atoms with E-state index in [1.54, 1.807) is 11.3 Å². The molecule has 1 aromatic heterocycles. The van der Waals surface area contributed by atoms with E-state index in [1.165, 1.54) is 0 Å². The van der Waals surface area contributed by atoms with Crippen molar-refractivity contribution >= 4 is 17.1 Å². The average molecular weight is 239 g/mol. The molecule has 0 bridgehead atoms. The summed E-state index contributed by atoms with van der Waals surface area (Å²) in [6.45, 7) is 10.6. The Balaban J connectivity index is 2.62. The first-order valence-corrected chi connectivity index (χ1v) is 6.63. The van der Waals surface area contributed by atoms with Gasteiger partial charge in [-0.15, -0.1) is 11.3 Å². The van der Waals surface area contributed by atoms with Crippen molar-refractivity contribution in [2.45, 2.75) is 52.9 Å². The zero-order valence-corrected chi connectivity index (χ0v) is 11.6. The average Bonchev–Trinajstić information content (AvgIpc) is 2.49.